The summed E-state index contributed by atoms with van der Waals surface area (Å²) in [6.45, 7) is 6.02. The lowest BCUT2D eigenvalue weighted by Gasteiger charge is -2.00. The number of aromatic nitrogens is 4. The Hall–Kier alpha value is -1.45. The van der Waals surface area contributed by atoms with Crippen molar-refractivity contribution in [1.82, 2.24) is 14.5 Å². The molecule has 0 aromatic carbocycles. The summed E-state index contributed by atoms with van der Waals surface area (Å²) in [4.78, 5) is 8.94. The largest absolute Gasteiger partial charge is 0.259 e. The van der Waals surface area contributed by atoms with E-state index in [-0.39, 0.29) is 0 Å². The maximum Gasteiger partial charge on any atom is 0.259 e. The molecular formula is C10H15N4+. The Bertz CT molecular complexity index is 511. The Kier molecular flexibility index (Phi) is 1.80. The van der Waals surface area contributed by atoms with Crippen molar-refractivity contribution in [1.29, 1.82) is 0 Å². The highest BCUT2D eigenvalue weighted by atomic mass is 15.2. The van der Waals surface area contributed by atoms with Gasteiger partial charge in [-0.05, 0) is 6.92 Å². The van der Waals surface area contributed by atoms with Crippen LogP contribution in [0.1, 0.15) is 17.3 Å². The minimum Gasteiger partial charge on any atom is -0.248 e. The van der Waals surface area contributed by atoms with E-state index in [0.717, 1.165) is 28.5 Å². The van der Waals surface area contributed by atoms with Crippen LogP contribution in [0.4, 0.5) is 0 Å². The maximum atomic E-state index is 4.49. The lowest BCUT2D eigenvalue weighted by atomic mass is 10.4. The third-order valence-electron chi connectivity index (χ3n) is 2.76. The number of fused-ring (bicyclic) bond motifs is 1. The van der Waals surface area contributed by atoms with Gasteiger partial charge in [0.2, 0.25) is 5.82 Å². The molecule has 0 unspecified atom stereocenters. The molecule has 4 nitrogen and oxygen atoms in total. The summed E-state index contributed by atoms with van der Waals surface area (Å²) in [6.07, 6.45) is 0. The lowest BCUT2D eigenvalue weighted by Crippen LogP contribution is -2.36. The third-order valence-corrected chi connectivity index (χ3v) is 2.76. The molecule has 4 heteroatoms. The first kappa shape index (κ1) is 9.12. The molecule has 0 amide bonds. The molecule has 0 atom stereocenters. The fourth-order valence-electron chi connectivity index (χ4n) is 1.75. The van der Waals surface area contributed by atoms with Crippen molar-refractivity contribution < 1.29 is 4.57 Å². The fourth-order valence-corrected chi connectivity index (χ4v) is 1.75. The highest BCUT2D eigenvalue weighted by Crippen LogP contribution is 2.13. The second-order valence-electron chi connectivity index (χ2n) is 3.69. The van der Waals surface area contributed by atoms with Gasteiger partial charge in [0, 0.05) is 13.8 Å². The number of hydrogen-bond donors (Lipinski definition) is 0. The van der Waals surface area contributed by atoms with Crippen LogP contribution >= 0.6 is 0 Å². The average Bonchev–Trinajstić information content (AvgIpc) is 2.41. The van der Waals surface area contributed by atoms with Crippen LogP contribution in [0.25, 0.3) is 11.2 Å². The molecule has 0 N–H and O–H groups in total. The van der Waals surface area contributed by atoms with E-state index in [1.807, 2.05) is 34.9 Å². The maximum absolute atomic E-state index is 4.49. The van der Waals surface area contributed by atoms with Gasteiger partial charge < -0.3 is 0 Å². The molecule has 2 aromatic rings. The molecule has 0 aliphatic heterocycles. The summed E-state index contributed by atoms with van der Waals surface area (Å²) in [5, 5.41) is 0. The van der Waals surface area contributed by atoms with Crippen molar-refractivity contribution in [2.75, 3.05) is 0 Å². The molecule has 0 aliphatic rings. The highest BCUT2D eigenvalue weighted by molar-refractivity contribution is 5.70. The van der Waals surface area contributed by atoms with Gasteiger partial charge in [-0.1, -0.05) is 0 Å². The van der Waals surface area contributed by atoms with E-state index in [0.29, 0.717) is 0 Å². The highest BCUT2D eigenvalue weighted by Gasteiger charge is 2.18. The van der Waals surface area contributed by atoms with Gasteiger partial charge in [-0.25, -0.2) is 14.1 Å². The average molecular weight is 191 g/mol. The smallest absolute Gasteiger partial charge is 0.248 e. The standard InChI is InChI=1S/C10H15N4/c1-6-9-10(13(4)7(2)11-6)14(5)8(3)12-9/h1-5H3/q+1. The summed E-state index contributed by atoms with van der Waals surface area (Å²) >= 11 is 0. The van der Waals surface area contributed by atoms with E-state index in [1.165, 1.54) is 0 Å². The Morgan fingerprint density at radius 1 is 1.14 bits per heavy atom. The molecule has 0 saturated carbocycles. The van der Waals surface area contributed by atoms with Gasteiger partial charge in [-0.3, -0.25) is 0 Å². The summed E-state index contributed by atoms with van der Waals surface area (Å²) in [5.74, 6) is 2.03. The molecule has 2 rings (SSSR count). The third kappa shape index (κ3) is 1.03. The first-order chi connectivity index (χ1) is 6.52. The van der Waals surface area contributed by atoms with Gasteiger partial charge >= 0.3 is 0 Å². The number of hydrogen-bond acceptors (Lipinski definition) is 2. The second kappa shape index (κ2) is 2.77. The van der Waals surface area contributed by atoms with E-state index in [4.69, 9.17) is 0 Å². The van der Waals surface area contributed by atoms with Crippen molar-refractivity contribution in [2.45, 2.75) is 20.8 Å². The van der Waals surface area contributed by atoms with Gasteiger partial charge in [0.05, 0.1) is 14.1 Å². The fraction of sp³-hybridized carbons (Fsp3) is 0.500. The van der Waals surface area contributed by atoms with Gasteiger partial charge in [-0.15, -0.1) is 4.98 Å². The van der Waals surface area contributed by atoms with Crippen LogP contribution in [0.15, 0.2) is 0 Å². The molecule has 0 fully saturated rings. The van der Waals surface area contributed by atoms with Crippen LogP contribution in [-0.4, -0.2) is 14.5 Å². The molecule has 74 valence electrons. The zero-order valence-corrected chi connectivity index (χ0v) is 9.29. The van der Waals surface area contributed by atoms with Crippen LogP contribution in [0.2, 0.25) is 0 Å². The summed E-state index contributed by atoms with van der Waals surface area (Å²) < 4.78 is 4.17. The van der Waals surface area contributed by atoms with Crippen molar-refractivity contribution in [3.05, 3.63) is 17.3 Å². The van der Waals surface area contributed by atoms with Crippen molar-refractivity contribution in [3.8, 4) is 0 Å². The Balaban J connectivity index is 3.03. The van der Waals surface area contributed by atoms with Crippen LogP contribution in [0.5, 0.6) is 0 Å². The molecule has 2 aromatic heterocycles. The van der Waals surface area contributed by atoms with Crippen LogP contribution in [-0.2, 0) is 14.1 Å². The van der Waals surface area contributed by atoms with E-state index in [1.54, 1.807) is 0 Å². The summed E-state index contributed by atoms with van der Waals surface area (Å²) in [5.41, 5.74) is 3.13. The van der Waals surface area contributed by atoms with E-state index < -0.39 is 0 Å². The molecule has 0 aliphatic carbocycles. The Morgan fingerprint density at radius 2 is 1.79 bits per heavy atom. The van der Waals surface area contributed by atoms with Crippen molar-refractivity contribution >= 4 is 11.2 Å². The van der Waals surface area contributed by atoms with Gasteiger partial charge in [-0.2, -0.15) is 0 Å². The first-order valence-corrected chi connectivity index (χ1v) is 4.68. The van der Waals surface area contributed by atoms with E-state index >= 15 is 0 Å². The molecule has 0 spiro atoms. The van der Waals surface area contributed by atoms with Crippen LogP contribution in [0.3, 0.4) is 0 Å². The number of imidazole rings is 1. The van der Waals surface area contributed by atoms with Gasteiger partial charge in [0.25, 0.3) is 5.65 Å². The monoisotopic (exact) mass is 191 g/mol. The second-order valence-corrected chi connectivity index (χ2v) is 3.69. The Labute approximate surface area is 83.2 Å². The minimum absolute atomic E-state index is 0.998. The predicted octanol–water partition coefficient (Wildman–Crippen LogP) is 0.718. The van der Waals surface area contributed by atoms with Gasteiger partial charge in [0.15, 0.2) is 11.3 Å². The van der Waals surface area contributed by atoms with Crippen LogP contribution < -0.4 is 4.57 Å². The minimum atomic E-state index is 0.998. The SMILES string of the molecule is Cc1nc(C)[n+](C)c2c1nc(C)n2C. The normalized spacial score (nSPS) is 11.2. The number of nitrogens with zero attached hydrogens (tertiary/aromatic N) is 4. The first-order valence-electron chi connectivity index (χ1n) is 4.68. The topological polar surface area (TPSA) is 34.6 Å². The zero-order chi connectivity index (χ0) is 10.5. The number of rotatable bonds is 0. The molecule has 2 heterocycles. The zero-order valence-electron chi connectivity index (χ0n) is 9.29. The predicted molar refractivity (Wildman–Crippen MR) is 53.9 cm³/mol. The summed E-state index contributed by atoms with van der Waals surface area (Å²) in [6, 6.07) is 0. The number of aryl methyl sites for hydroxylation is 5. The molecule has 14 heavy (non-hydrogen) atoms. The quantitative estimate of drug-likeness (QED) is 0.575. The van der Waals surface area contributed by atoms with Crippen LogP contribution in [0, 0.1) is 20.8 Å². The molecular weight excluding hydrogens is 176 g/mol. The van der Waals surface area contributed by atoms with E-state index in [9.17, 15) is 0 Å². The lowest BCUT2D eigenvalue weighted by molar-refractivity contribution is -0.657. The molecule has 0 saturated heterocycles. The Morgan fingerprint density at radius 3 is 2.43 bits per heavy atom. The van der Waals surface area contributed by atoms with Crippen molar-refractivity contribution in [3.63, 3.8) is 0 Å². The van der Waals surface area contributed by atoms with Crippen molar-refractivity contribution in [2.24, 2.45) is 14.1 Å². The molecule has 0 radical (unpaired) electrons. The summed E-state index contributed by atoms with van der Waals surface area (Å²) in [7, 11) is 4.05. The molecule has 0 bridgehead atoms. The van der Waals surface area contributed by atoms with Gasteiger partial charge in [0.1, 0.15) is 5.69 Å². The van der Waals surface area contributed by atoms with E-state index in [2.05, 4.69) is 19.1 Å².